The second-order valence-electron chi connectivity index (χ2n) is 6.65. The highest BCUT2D eigenvalue weighted by molar-refractivity contribution is 5.85. The number of hydrogen-bond acceptors (Lipinski definition) is 5. The van der Waals surface area contributed by atoms with Crippen LogP contribution in [0.2, 0.25) is 0 Å². The van der Waals surface area contributed by atoms with Crippen molar-refractivity contribution in [2.24, 2.45) is 5.41 Å². The van der Waals surface area contributed by atoms with Crippen LogP contribution in [0.4, 0.5) is 0 Å². The summed E-state index contributed by atoms with van der Waals surface area (Å²) in [5.74, 6) is 0.500. The normalized spacial score (nSPS) is 15.9. The lowest BCUT2D eigenvalue weighted by Gasteiger charge is -2.37. The molecule has 2 heterocycles. The quantitative estimate of drug-likeness (QED) is 0.772. The van der Waals surface area contributed by atoms with Gasteiger partial charge in [-0.1, -0.05) is 18.2 Å². The summed E-state index contributed by atoms with van der Waals surface area (Å²) < 4.78 is 10.9. The van der Waals surface area contributed by atoms with Crippen LogP contribution in [0.1, 0.15) is 18.5 Å². The van der Waals surface area contributed by atoms with Crippen LogP contribution in [0, 0.1) is 5.41 Å². The maximum Gasteiger partial charge on any atom is 0.226 e. The lowest BCUT2D eigenvalue weighted by Crippen LogP contribution is -2.47. The Morgan fingerprint density at radius 3 is 2.73 bits per heavy atom. The molecule has 1 saturated heterocycles. The van der Waals surface area contributed by atoms with Crippen LogP contribution < -0.4 is 10.6 Å². The molecule has 0 aliphatic carbocycles. The Bertz CT molecular complexity index is 679. The molecule has 142 valence electrons. The third-order valence-electron chi connectivity index (χ3n) is 4.69. The molecule has 1 aromatic heterocycles. The van der Waals surface area contributed by atoms with Gasteiger partial charge in [0.25, 0.3) is 0 Å². The van der Waals surface area contributed by atoms with Gasteiger partial charge in [0.15, 0.2) is 0 Å². The molecule has 0 saturated carbocycles. The summed E-state index contributed by atoms with van der Waals surface area (Å²) in [6.45, 7) is 3.22. The predicted molar refractivity (Wildman–Crippen MR) is 102 cm³/mol. The molecule has 1 aliphatic heterocycles. The van der Waals surface area contributed by atoms with Crippen molar-refractivity contribution >= 4 is 18.3 Å². The second-order valence-corrected chi connectivity index (χ2v) is 6.65. The van der Waals surface area contributed by atoms with Crippen molar-refractivity contribution in [2.75, 3.05) is 33.4 Å². The molecule has 26 heavy (non-hydrogen) atoms. The van der Waals surface area contributed by atoms with Gasteiger partial charge in [0.05, 0.1) is 18.7 Å². The molecule has 1 amide bonds. The van der Waals surface area contributed by atoms with Crippen molar-refractivity contribution in [3.05, 3.63) is 42.3 Å². The molecule has 2 N–H and O–H groups in total. The topological polar surface area (TPSA) is 76.4 Å². The molecular formula is C19H26ClN3O3. The van der Waals surface area contributed by atoms with E-state index in [1.54, 1.807) is 13.4 Å². The number of methoxy groups -OCH3 is 1. The molecule has 7 heteroatoms. The molecule has 0 radical (unpaired) electrons. The standard InChI is InChI=1S/C19H25N3O3.ClH/c1-24-14-19(7-9-20-10-8-19)13-21-17(23)11-16-12-25-18(22-16)15-5-3-2-4-6-15;/h2-6,12,20H,7-11,13-14H2,1H3,(H,21,23);1H. The number of benzene rings is 1. The van der Waals surface area contributed by atoms with Crippen molar-refractivity contribution in [2.45, 2.75) is 19.3 Å². The van der Waals surface area contributed by atoms with E-state index in [1.807, 2.05) is 30.3 Å². The zero-order valence-electron chi connectivity index (χ0n) is 15.0. The maximum absolute atomic E-state index is 12.3. The average Bonchev–Trinajstić information content (AvgIpc) is 3.10. The largest absolute Gasteiger partial charge is 0.444 e. The van der Waals surface area contributed by atoms with Crippen LogP contribution in [0.5, 0.6) is 0 Å². The van der Waals surface area contributed by atoms with Crippen molar-refractivity contribution in [3.8, 4) is 11.5 Å². The molecule has 0 bridgehead atoms. The van der Waals surface area contributed by atoms with Gasteiger partial charge in [-0.15, -0.1) is 12.4 Å². The fraction of sp³-hybridized carbons (Fsp3) is 0.474. The Labute approximate surface area is 160 Å². The highest BCUT2D eigenvalue weighted by Gasteiger charge is 2.32. The van der Waals surface area contributed by atoms with E-state index in [-0.39, 0.29) is 30.2 Å². The molecule has 0 atom stereocenters. The molecule has 1 aliphatic rings. The Morgan fingerprint density at radius 1 is 1.31 bits per heavy atom. The summed E-state index contributed by atoms with van der Waals surface area (Å²) in [6.07, 6.45) is 3.78. The van der Waals surface area contributed by atoms with Gasteiger partial charge in [0, 0.05) is 24.6 Å². The fourth-order valence-corrected chi connectivity index (χ4v) is 3.25. The highest BCUT2D eigenvalue weighted by Crippen LogP contribution is 2.28. The van der Waals surface area contributed by atoms with Crippen LogP contribution in [-0.4, -0.2) is 44.2 Å². The van der Waals surface area contributed by atoms with E-state index < -0.39 is 0 Å². The number of carbonyl (C=O) groups is 1. The Hall–Kier alpha value is -1.89. The maximum atomic E-state index is 12.3. The van der Waals surface area contributed by atoms with Gasteiger partial charge >= 0.3 is 0 Å². The third-order valence-corrected chi connectivity index (χ3v) is 4.69. The molecule has 3 rings (SSSR count). The first kappa shape index (κ1) is 20.4. The van der Waals surface area contributed by atoms with Gasteiger partial charge in [-0.25, -0.2) is 4.98 Å². The number of rotatable bonds is 7. The number of hydrogen-bond donors (Lipinski definition) is 2. The van der Waals surface area contributed by atoms with E-state index in [9.17, 15) is 4.79 Å². The number of piperidine rings is 1. The van der Waals surface area contributed by atoms with Crippen molar-refractivity contribution in [1.82, 2.24) is 15.6 Å². The summed E-state index contributed by atoms with van der Waals surface area (Å²) >= 11 is 0. The van der Waals surface area contributed by atoms with Crippen molar-refractivity contribution < 1.29 is 13.9 Å². The van der Waals surface area contributed by atoms with Crippen molar-refractivity contribution in [3.63, 3.8) is 0 Å². The minimum atomic E-state index is -0.0399. The summed E-state index contributed by atoms with van der Waals surface area (Å²) in [5, 5.41) is 6.40. The van der Waals surface area contributed by atoms with Gasteiger partial charge in [-0.05, 0) is 38.1 Å². The van der Waals surface area contributed by atoms with Gasteiger partial charge < -0.3 is 19.8 Å². The van der Waals surface area contributed by atoms with E-state index in [0.717, 1.165) is 31.5 Å². The summed E-state index contributed by atoms with van der Waals surface area (Å²) in [4.78, 5) is 16.7. The van der Waals surface area contributed by atoms with E-state index in [1.165, 1.54) is 0 Å². The first-order chi connectivity index (χ1) is 12.2. The molecular weight excluding hydrogens is 354 g/mol. The number of oxazole rings is 1. The molecule has 6 nitrogen and oxygen atoms in total. The number of aromatic nitrogens is 1. The van der Waals surface area contributed by atoms with Crippen LogP contribution in [-0.2, 0) is 16.0 Å². The number of halogens is 1. The van der Waals surface area contributed by atoms with E-state index >= 15 is 0 Å². The highest BCUT2D eigenvalue weighted by atomic mass is 35.5. The Kier molecular flexibility index (Phi) is 7.63. The smallest absolute Gasteiger partial charge is 0.226 e. The van der Waals surface area contributed by atoms with Crippen LogP contribution in [0.25, 0.3) is 11.5 Å². The minimum absolute atomic E-state index is 0. The van der Waals surface area contributed by atoms with Gasteiger partial charge in [0.1, 0.15) is 6.26 Å². The van der Waals surface area contributed by atoms with Crippen LogP contribution >= 0.6 is 12.4 Å². The van der Waals surface area contributed by atoms with Gasteiger partial charge in [0.2, 0.25) is 11.8 Å². The number of amides is 1. The Morgan fingerprint density at radius 2 is 2.04 bits per heavy atom. The lowest BCUT2D eigenvalue weighted by atomic mass is 9.79. The SMILES string of the molecule is COCC1(CNC(=O)Cc2coc(-c3ccccc3)n2)CCNCC1.Cl. The molecule has 2 aromatic rings. The average molecular weight is 380 g/mol. The zero-order chi connectivity index (χ0) is 17.5. The van der Waals surface area contributed by atoms with Crippen molar-refractivity contribution in [1.29, 1.82) is 0 Å². The number of nitrogens with zero attached hydrogens (tertiary/aromatic N) is 1. The first-order valence-electron chi connectivity index (χ1n) is 8.67. The fourth-order valence-electron chi connectivity index (χ4n) is 3.25. The van der Waals surface area contributed by atoms with E-state index in [4.69, 9.17) is 9.15 Å². The molecule has 1 aromatic carbocycles. The first-order valence-corrected chi connectivity index (χ1v) is 8.67. The van der Waals surface area contributed by atoms with E-state index in [2.05, 4.69) is 15.6 Å². The summed E-state index contributed by atoms with van der Waals surface area (Å²) in [7, 11) is 1.71. The molecule has 0 unspecified atom stereocenters. The lowest BCUT2D eigenvalue weighted by molar-refractivity contribution is -0.121. The van der Waals surface area contributed by atoms with Gasteiger partial charge in [-0.2, -0.15) is 0 Å². The van der Waals surface area contributed by atoms with Crippen LogP contribution in [0.3, 0.4) is 0 Å². The molecule has 1 fully saturated rings. The Balaban J connectivity index is 0.00000243. The third kappa shape index (κ3) is 5.30. The second kappa shape index (κ2) is 9.71. The number of ether oxygens (including phenoxy) is 1. The van der Waals surface area contributed by atoms with E-state index in [0.29, 0.717) is 24.7 Å². The minimum Gasteiger partial charge on any atom is -0.444 e. The van der Waals surface area contributed by atoms with Crippen LogP contribution in [0.15, 0.2) is 41.0 Å². The molecule has 0 spiro atoms. The summed E-state index contributed by atoms with van der Waals surface area (Å²) in [5.41, 5.74) is 1.57. The summed E-state index contributed by atoms with van der Waals surface area (Å²) in [6, 6.07) is 9.67. The number of carbonyl (C=O) groups excluding carboxylic acids is 1. The number of nitrogens with one attached hydrogen (secondary N) is 2. The zero-order valence-corrected chi connectivity index (χ0v) is 15.8. The monoisotopic (exact) mass is 379 g/mol. The predicted octanol–water partition coefficient (Wildman–Crippen LogP) is 2.44. The van der Waals surface area contributed by atoms with Gasteiger partial charge in [-0.3, -0.25) is 4.79 Å².